The second-order valence-electron chi connectivity index (χ2n) is 6.44. The molecule has 2 aromatic carbocycles. The summed E-state index contributed by atoms with van der Waals surface area (Å²) in [6.07, 6.45) is 4.62. The molecule has 1 unspecified atom stereocenters. The highest BCUT2D eigenvalue weighted by Gasteiger charge is 2.09. The SMILES string of the molecule is C/C(=C\c1ccccc1O)C(=O)OCCC(C)CCc1ccccc1. The molecule has 0 saturated carbocycles. The van der Waals surface area contributed by atoms with Crippen molar-refractivity contribution in [2.75, 3.05) is 6.61 Å². The maximum Gasteiger partial charge on any atom is 0.333 e. The van der Waals surface area contributed by atoms with E-state index in [0.29, 0.717) is 23.7 Å². The molecule has 0 heterocycles. The Balaban J connectivity index is 1.73. The van der Waals surface area contributed by atoms with Gasteiger partial charge in [-0.05, 0) is 49.8 Å². The van der Waals surface area contributed by atoms with Gasteiger partial charge in [-0.15, -0.1) is 0 Å². The molecule has 3 heteroatoms. The first-order valence-electron chi connectivity index (χ1n) is 8.73. The molecule has 132 valence electrons. The molecular weight excluding hydrogens is 312 g/mol. The van der Waals surface area contributed by atoms with Gasteiger partial charge in [0.2, 0.25) is 0 Å². The second kappa shape index (κ2) is 9.67. The molecule has 25 heavy (non-hydrogen) atoms. The molecule has 3 nitrogen and oxygen atoms in total. The summed E-state index contributed by atoms with van der Waals surface area (Å²) >= 11 is 0. The topological polar surface area (TPSA) is 46.5 Å². The molecule has 0 bridgehead atoms. The Bertz CT molecular complexity index is 704. The quantitative estimate of drug-likeness (QED) is 0.544. The van der Waals surface area contributed by atoms with Gasteiger partial charge in [0.15, 0.2) is 0 Å². The third kappa shape index (κ3) is 6.46. The summed E-state index contributed by atoms with van der Waals surface area (Å²) < 4.78 is 5.35. The third-order valence-electron chi connectivity index (χ3n) is 4.24. The summed E-state index contributed by atoms with van der Waals surface area (Å²) in [7, 11) is 0. The minimum absolute atomic E-state index is 0.157. The largest absolute Gasteiger partial charge is 0.507 e. The third-order valence-corrected chi connectivity index (χ3v) is 4.24. The van der Waals surface area contributed by atoms with Gasteiger partial charge in [-0.25, -0.2) is 4.79 Å². The Morgan fingerprint density at radius 2 is 1.76 bits per heavy atom. The van der Waals surface area contributed by atoms with Gasteiger partial charge < -0.3 is 9.84 Å². The highest BCUT2D eigenvalue weighted by atomic mass is 16.5. The Morgan fingerprint density at radius 3 is 2.48 bits per heavy atom. The molecule has 0 aromatic heterocycles. The number of carbonyl (C=O) groups is 1. The number of rotatable bonds is 8. The second-order valence-corrected chi connectivity index (χ2v) is 6.44. The molecular formula is C22H26O3. The standard InChI is InChI=1S/C22H26O3/c1-17(12-13-19-8-4-3-5-9-19)14-15-25-22(24)18(2)16-20-10-6-7-11-21(20)23/h3-11,16-17,23H,12-15H2,1-2H3/b18-16+. The van der Waals surface area contributed by atoms with Gasteiger partial charge in [0.1, 0.15) is 5.75 Å². The minimum atomic E-state index is -0.335. The molecule has 0 saturated heterocycles. The van der Waals surface area contributed by atoms with E-state index < -0.39 is 0 Å². The lowest BCUT2D eigenvalue weighted by Gasteiger charge is -2.12. The number of hydrogen-bond donors (Lipinski definition) is 1. The summed E-state index contributed by atoms with van der Waals surface area (Å²) in [5.41, 5.74) is 2.44. The van der Waals surface area contributed by atoms with E-state index in [1.165, 1.54) is 5.56 Å². The maximum absolute atomic E-state index is 12.0. The minimum Gasteiger partial charge on any atom is -0.507 e. The first-order chi connectivity index (χ1) is 12.1. The fourth-order valence-electron chi connectivity index (χ4n) is 2.57. The summed E-state index contributed by atoms with van der Waals surface area (Å²) in [6.45, 7) is 4.30. The average Bonchev–Trinajstić information content (AvgIpc) is 2.62. The van der Waals surface area contributed by atoms with Crippen molar-refractivity contribution >= 4 is 12.0 Å². The molecule has 2 aromatic rings. The van der Waals surface area contributed by atoms with Crippen molar-refractivity contribution in [2.45, 2.75) is 33.1 Å². The van der Waals surface area contributed by atoms with Crippen molar-refractivity contribution in [1.82, 2.24) is 0 Å². The number of phenols is 1. The zero-order valence-electron chi connectivity index (χ0n) is 14.9. The molecule has 1 atom stereocenters. The summed E-state index contributed by atoms with van der Waals surface area (Å²) in [6, 6.07) is 17.3. The highest BCUT2D eigenvalue weighted by Crippen LogP contribution is 2.19. The lowest BCUT2D eigenvalue weighted by molar-refractivity contribution is -0.139. The lowest BCUT2D eigenvalue weighted by atomic mass is 9.99. The summed E-state index contributed by atoms with van der Waals surface area (Å²) in [4.78, 5) is 12.0. The van der Waals surface area contributed by atoms with Crippen LogP contribution in [0.5, 0.6) is 5.75 Å². The number of aromatic hydroxyl groups is 1. The fourth-order valence-corrected chi connectivity index (χ4v) is 2.57. The van der Waals surface area contributed by atoms with Crippen molar-refractivity contribution < 1.29 is 14.6 Å². The summed E-state index contributed by atoms with van der Waals surface area (Å²) in [5.74, 6) is 0.318. The van der Waals surface area contributed by atoms with Crippen LogP contribution in [0.1, 0.15) is 37.8 Å². The van der Waals surface area contributed by atoms with Crippen molar-refractivity contribution in [3.63, 3.8) is 0 Å². The fraction of sp³-hybridized carbons (Fsp3) is 0.318. The lowest BCUT2D eigenvalue weighted by Crippen LogP contribution is -2.10. The number of para-hydroxylation sites is 1. The predicted molar refractivity (Wildman–Crippen MR) is 101 cm³/mol. The van der Waals surface area contributed by atoms with Gasteiger partial charge in [-0.2, -0.15) is 0 Å². The predicted octanol–water partition coefficient (Wildman–Crippen LogP) is 5.00. The van der Waals surface area contributed by atoms with Crippen LogP contribution in [0.15, 0.2) is 60.2 Å². The van der Waals surface area contributed by atoms with E-state index in [2.05, 4.69) is 31.2 Å². The Kier molecular flexibility index (Phi) is 7.27. The van der Waals surface area contributed by atoms with Gasteiger partial charge in [-0.1, -0.05) is 55.5 Å². The molecule has 0 amide bonds. The van der Waals surface area contributed by atoms with Crippen LogP contribution in [0.2, 0.25) is 0 Å². The van der Waals surface area contributed by atoms with Crippen molar-refractivity contribution in [1.29, 1.82) is 0 Å². The number of benzene rings is 2. The van der Waals surface area contributed by atoms with Crippen LogP contribution in [-0.4, -0.2) is 17.7 Å². The van der Waals surface area contributed by atoms with Crippen LogP contribution in [-0.2, 0) is 16.0 Å². The monoisotopic (exact) mass is 338 g/mol. The van der Waals surface area contributed by atoms with Crippen LogP contribution in [0.3, 0.4) is 0 Å². The molecule has 0 fully saturated rings. The van der Waals surface area contributed by atoms with E-state index in [0.717, 1.165) is 19.3 Å². The van der Waals surface area contributed by atoms with Gasteiger partial charge in [0, 0.05) is 11.1 Å². The first kappa shape index (κ1) is 18.8. The first-order valence-corrected chi connectivity index (χ1v) is 8.73. The number of aryl methyl sites for hydroxylation is 1. The molecule has 0 radical (unpaired) electrons. The molecule has 0 aliphatic carbocycles. The van der Waals surface area contributed by atoms with Gasteiger partial charge in [0.25, 0.3) is 0 Å². The van der Waals surface area contributed by atoms with Crippen LogP contribution in [0.4, 0.5) is 0 Å². The zero-order valence-corrected chi connectivity index (χ0v) is 14.9. The molecule has 2 rings (SSSR count). The van der Waals surface area contributed by atoms with Crippen molar-refractivity contribution in [3.05, 3.63) is 71.3 Å². The van der Waals surface area contributed by atoms with Gasteiger partial charge in [-0.3, -0.25) is 0 Å². The van der Waals surface area contributed by atoms with E-state index in [4.69, 9.17) is 4.74 Å². The van der Waals surface area contributed by atoms with Crippen LogP contribution < -0.4 is 0 Å². The Morgan fingerprint density at radius 1 is 1.08 bits per heavy atom. The molecule has 0 aliphatic heterocycles. The molecule has 0 spiro atoms. The van der Waals surface area contributed by atoms with Gasteiger partial charge in [0.05, 0.1) is 6.61 Å². The van der Waals surface area contributed by atoms with Crippen molar-refractivity contribution in [2.24, 2.45) is 5.92 Å². The zero-order chi connectivity index (χ0) is 18.1. The summed E-state index contributed by atoms with van der Waals surface area (Å²) in [5, 5.41) is 9.75. The Labute approximate surface area is 150 Å². The maximum atomic E-state index is 12.0. The van der Waals surface area contributed by atoms with Crippen LogP contribution in [0.25, 0.3) is 6.08 Å². The number of hydrogen-bond acceptors (Lipinski definition) is 3. The van der Waals surface area contributed by atoms with Crippen LogP contribution in [0, 0.1) is 5.92 Å². The van der Waals surface area contributed by atoms with E-state index in [-0.39, 0.29) is 11.7 Å². The number of carbonyl (C=O) groups excluding carboxylic acids is 1. The smallest absolute Gasteiger partial charge is 0.333 e. The molecule has 1 N–H and O–H groups in total. The van der Waals surface area contributed by atoms with E-state index in [9.17, 15) is 9.90 Å². The van der Waals surface area contributed by atoms with Crippen molar-refractivity contribution in [3.8, 4) is 5.75 Å². The van der Waals surface area contributed by atoms with E-state index in [1.807, 2.05) is 12.1 Å². The Hall–Kier alpha value is -2.55. The molecule has 0 aliphatic rings. The number of esters is 1. The normalized spacial score (nSPS) is 12.6. The average molecular weight is 338 g/mol. The van der Waals surface area contributed by atoms with Crippen LogP contribution >= 0.6 is 0 Å². The number of phenolic OH excluding ortho intramolecular Hbond substituents is 1. The highest BCUT2D eigenvalue weighted by molar-refractivity contribution is 5.93. The van der Waals surface area contributed by atoms with Gasteiger partial charge >= 0.3 is 5.97 Å². The number of ether oxygens (including phenoxy) is 1. The van der Waals surface area contributed by atoms with E-state index >= 15 is 0 Å². The van der Waals surface area contributed by atoms with E-state index in [1.54, 1.807) is 31.2 Å².